The van der Waals surface area contributed by atoms with Crippen molar-refractivity contribution in [3.8, 4) is 80.2 Å². The molecule has 0 atom stereocenters. The topological polar surface area (TPSA) is 161 Å². The van der Waals surface area contributed by atoms with Crippen molar-refractivity contribution in [2.45, 2.75) is 0 Å². The third kappa shape index (κ3) is 6.29. The zero-order valence-corrected chi connectivity index (χ0v) is 34.7. The molecule has 0 aliphatic heterocycles. The van der Waals surface area contributed by atoms with Gasteiger partial charge in [0.25, 0.3) is 0 Å². The molecule has 306 valence electrons. The Labute approximate surface area is 376 Å². The minimum atomic E-state index is 0.435. The lowest BCUT2D eigenvalue weighted by molar-refractivity contribution is 1.12. The third-order valence-electron chi connectivity index (χ3n) is 11.8. The van der Waals surface area contributed by atoms with Crippen LogP contribution in [0.25, 0.3) is 112 Å². The maximum Gasteiger partial charge on any atom is 0.159 e. The average molecular weight is 847 g/mol. The molecule has 0 spiro atoms. The van der Waals surface area contributed by atoms with Crippen molar-refractivity contribution in [1.29, 1.82) is 10.5 Å². The normalized spacial score (nSPS) is 11.3. The van der Waals surface area contributed by atoms with E-state index in [9.17, 15) is 10.5 Å². The van der Waals surface area contributed by atoms with Crippen LogP contribution in [0.1, 0.15) is 11.1 Å². The van der Waals surface area contributed by atoms with Crippen molar-refractivity contribution < 1.29 is 0 Å². The van der Waals surface area contributed by atoms with Crippen molar-refractivity contribution in [1.82, 2.24) is 49.0 Å². The van der Waals surface area contributed by atoms with Gasteiger partial charge in [-0.3, -0.25) is 0 Å². The van der Waals surface area contributed by atoms with Crippen LogP contribution in [0.3, 0.4) is 0 Å². The lowest BCUT2D eigenvalue weighted by Gasteiger charge is -2.18. The maximum absolute atomic E-state index is 11.6. The molecule has 12 heteroatoms. The smallest absolute Gasteiger partial charge is 0.159 e. The molecule has 12 rings (SSSR count). The van der Waals surface area contributed by atoms with Crippen molar-refractivity contribution in [3.63, 3.8) is 0 Å². The van der Waals surface area contributed by atoms with Gasteiger partial charge < -0.3 is 9.13 Å². The fourth-order valence-corrected chi connectivity index (χ4v) is 8.93. The monoisotopic (exact) mass is 846 g/mol. The van der Waals surface area contributed by atoms with Gasteiger partial charge >= 0.3 is 0 Å². The molecule has 0 aliphatic carbocycles. The summed E-state index contributed by atoms with van der Waals surface area (Å²) in [7, 11) is 0. The van der Waals surface area contributed by atoms with Crippen LogP contribution in [0.2, 0.25) is 0 Å². The van der Waals surface area contributed by atoms with E-state index in [2.05, 4.69) is 110 Å². The first kappa shape index (κ1) is 37.9. The number of rotatable bonds is 7. The lowest BCUT2D eigenvalue weighted by atomic mass is 9.98. The van der Waals surface area contributed by atoms with Gasteiger partial charge in [0, 0.05) is 93.4 Å². The second-order valence-corrected chi connectivity index (χ2v) is 15.6. The second-order valence-electron chi connectivity index (χ2n) is 15.6. The van der Waals surface area contributed by atoms with Crippen LogP contribution in [0, 0.1) is 22.7 Å². The van der Waals surface area contributed by atoms with E-state index < -0.39 is 0 Å². The van der Waals surface area contributed by atoms with Crippen LogP contribution in [0.5, 0.6) is 0 Å². The zero-order valence-electron chi connectivity index (χ0n) is 34.7. The highest BCUT2D eigenvalue weighted by Crippen LogP contribution is 2.42. The van der Waals surface area contributed by atoms with Gasteiger partial charge in [-0.15, -0.1) is 0 Å². The van der Waals surface area contributed by atoms with Gasteiger partial charge in [0.15, 0.2) is 23.3 Å². The van der Waals surface area contributed by atoms with Crippen molar-refractivity contribution in [3.05, 3.63) is 194 Å². The first-order valence-electron chi connectivity index (χ1n) is 21.0. The number of nitriles is 2. The summed E-state index contributed by atoms with van der Waals surface area (Å²) in [6, 6.07) is 48.5. The molecule has 12 aromatic rings. The second kappa shape index (κ2) is 15.5. The molecule has 6 aromatic heterocycles. The van der Waals surface area contributed by atoms with Gasteiger partial charge in [-0.05, 0) is 132 Å². The van der Waals surface area contributed by atoms with E-state index in [1.165, 1.54) is 0 Å². The fraction of sp³-hybridized carbons (Fsp3) is 0. The molecule has 0 saturated heterocycles. The summed E-state index contributed by atoms with van der Waals surface area (Å²) < 4.78 is 4.30. The molecule has 0 radical (unpaired) electrons. The standard InChI is InChI=1S/C54H30N12/c55-31-33-6-1-7-34(24-33)39-29-49(65-45-12-8-35(51-57-16-2-17-58-51)25-40(45)41-26-36(9-13-46(41)65)52-59-18-3-19-60-52)44(32-56)50(30-39)66-47-14-10-37(53-61-20-4-21-62-53)27-42(47)43-28-38(11-15-48(43)66)54-63-22-5-23-64-54/h1-30H. The summed E-state index contributed by atoms with van der Waals surface area (Å²) >= 11 is 0. The van der Waals surface area contributed by atoms with E-state index in [1.54, 1.807) is 79.9 Å². The lowest BCUT2D eigenvalue weighted by Crippen LogP contribution is -2.05. The fourth-order valence-electron chi connectivity index (χ4n) is 8.93. The number of hydrogen-bond donors (Lipinski definition) is 0. The minimum Gasteiger partial charge on any atom is -0.308 e. The third-order valence-corrected chi connectivity index (χ3v) is 11.8. The van der Waals surface area contributed by atoms with Crippen LogP contribution >= 0.6 is 0 Å². The van der Waals surface area contributed by atoms with Gasteiger partial charge in [-0.25, -0.2) is 39.9 Å². The van der Waals surface area contributed by atoms with Crippen LogP contribution in [-0.2, 0) is 0 Å². The molecule has 66 heavy (non-hydrogen) atoms. The van der Waals surface area contributed by atoms with Gasteiger partial charge in [-0.2, -0.15) is 10.5 Å². The van der Waals surface area contributed by atoms with Crippen LogP contribution in [0.15, 0.2) is 183 Å². The molecule has 0 N–H and O–H groups in total. The van der Waals surface area contributed by atoms with E-state index in [-0.39, 0.29) is 0 Å². The number of nitrogens with zero attached hydrogens (tertiary/aromatic N) is 12. The summed E-state index contributed by atoms with van der Waals surface area (Å²) in [6.45, 7) is 0. The predicted octanol–water partition coefficient (Wildman–Crippen LogP) is 11.1. The van der Waals surface area contributed by atoms with Crippen molar-refractivity contribution >= 4 is 43.6 Å². The first-order chi connectivity index (χ1) is 32.6. The van der Waals surface area contributed by atoms with E-state index >= 15 is 0 Å². The Kier molecular flexibility index (Phi) is 8.93. The number of aromatic nitrogens is 10. The Morgan fingerprint density at radius 1 is 0.318 bits per heavy atom. The number of benzene rings is 6. The molecule has 12 nitrogen and oxygen atoms in total. The van der Waals surface area contributed by atoms with Gasteiger partial charge in [0.05, 0.1) is 45.1 Å². The van der Waals surface area contributed by atoms with E-state index in [1.807, 2.05) is 54.6 Å². The molecular formula is C54H30N12. The molecule has 0 aliphatic rings. The Morgan fingerprint density at radius 2 is 0.667 bits per heavy atom. The molecule has 6 aromatic carbocycles. The summed E-state index contributed by atoms with van der Waals surface area (Å²) in [4.78, 5) is 36.5. The van der Waals surface area contributed by atoms with E-state index in [0.29, 0.717) is 45.8 Å². The predicted molar refractivity (Wildman–Crippen MR) is 254 cm³/mol. The highest BCUT2D eigenvalue weighted by Gasteiger charge is 2.24. The van der Waals surface area contributed by atoms with Crippen molar-refractivity contribution in [2.75, 3.05) is 0 Å². The van der Waals surface area contributed by atoms with E-state index in [0.717, 1.165) is 77.0 Å². The zero-order chi connectivity index (χ0) is 44.1. The quantitative estimate of drug-likeness (QED) is 0.151. The summed E-state index contributed by atoms with van der Waals surface area (Å²) in [5.74, 6) is 2.38. The Balaban J connectivity index is 1.19. The van der Waals surface area contributed by atoms with E-state index in [4.69, 9.17) is 0 Å². The molecule has 0 bridgehead atoms. The molecule has 0 saturated carbocycles. The molecular weight excluding hydrogens is 817 g/mol. The van der Waals surface area contributed by atoms with Gasteiger partial charge in [0.1, 0.15) is 11.6 Å². The average Bonchev–Trinajstić information content (AvgIpc) is 3.90. The maximum atomic E-state index is 11.6. The van der Waals surface area contributed by atoms with Crippen LogP contribution < -0.4 is 0 Å². The number of fused-ring (bicyclic) bond motifs is 6. The highest BCUT2D eigenvalue weighted by molar-refractivity contribution is 6.13. The molecule has 0 unspecified atom stereocenters. The Morgan fingerprint density at radius 3 is 0.985 bits per heavy atom. The molecule has 0 fully saturated rings. The van der Waals surface area contributed by atoms with Gasteiger partial charge in [-0.1, -0.05) is 12.1 Å². The Bertz CT molecular complexity index is 3530. The summed E-state index contributed by atoms with van der Waals surface area (Å²) in [6.07, 6.45) is 13.9. The molecule has 6 heterocycles. The van der Waals surface area contributed by atoms with Crippen LogP contribution in [-0.4, -0.2) is 49.0 Å². The largest absolute Gasteiger partial charge is 0.308 e. The van der Waals surface area contributed by atoms with Crippen molar-refractivity contribution in [2.24, 2.45) is 0 Å². The summed E-state index contributed by atoms with van der Waals surface area (Å²) in [5, 5.41) is 25.4. The first-order valence-corrected chi connectivity index (χ1v) is 21.0. The SMILES string of the molecule is N#Cc1cccc(-c2cc(-n3c4ccc(-c5ncccn5)cc4c4cc(-c5ncccn5)ccc43)c(C#N)c(-n3c4ccc(-c5ncccn5)cc4c4cc(-c5ncccn5)ccc43)c2)c1. The highest BCUT2D eigenvalue weighted by atomic mass is 15.0. The molecule has 0 amide bonds. The summed E-state index contributed by atoms with van der Waals surface area (Å²) in [5.41, 5.74) is 10.7. The van der Waals surface area contributed by atoms with Crippen LogP contribution in [0.4, 0.5) is 0 Å². The van der Waals surface area contributed by atoms with Gasteiger partial charge in [0.2, 0.25) is 0 Å². The minimum absolute atomic E-state index is 0.435. The Hall–Kier alpha value is -9.78. The number of hydrogen-bond acceptors (Lipinski definition) is 10.